The van der Waals surface area contributed by atoms with Crippen LogP contribution < -0.4 is 5.32 Å². The van der Waals surface area contributed by atoms with Gasteiger partial charge in [0.05, 0.1) is 29.7 Å². The van der Waals surface area contributed by atoms with Crippen LogP contribution in [0, 0.1) is 6.92 Å². The molecule has 0 aromatic carbocycles. The maximum Gasteiger partial charge on any atom is 0.290 e. The lowest BCUT2D eigenvalue weighted by Crippen LogP contribution is -2.46. The molecule has 0 bridgehead atoms. The fourth-order valence-electron chi connectivity index (χ4n) is 3.86. The van der Waals surface area contributed by atoms with E-state index in [4.69, 9.17) is 11.6 Å². The third-order valence-electron chi connectivity index (χ3n) is 5.55. The van der Waals surface area contributed by atoms with Crippen LogP contribution in [0.5, 0.6) is 0 Å². The standard InChI is InChI=1S/C22H22ClN9O/c1-13-5-4-6-15(26-13)11-32-14(2)10-31-12-17(27-20(31)21(32)33)19-16(23)9-24-22(29-19)28-18-7-8-25-30(18)3/h4-9,12,14H,10-11H2,1-3H3,(H,24,28,29). The smallest absolute Gasteiger partial charge is 0.290 e. The molecule has 4 aromatic rings. The number of amides is 1. The Balaban J connectivity index is 1.44. The molecular formula is C22H22ClN9O. The van der Waals surface area contributed by atoms with E-state index in [1.165, 1.54) is 6.20 Å². The molecule has 0 fully saturated rings. The molecule has 33 heavy (non-hydrogen) atoms. The summed E-state index contributed by atoms with van der Waals surface area (Å²) in [7, 11) is 1.81. The third kappa shape index (κ3) is 4.05. The zero-order valence-electron chi connectivity index (χ0n) is 18.4. The zero-order chi connectivity index (χ0) is 23.1. The van der Waals surface area contributed by atoms with Crippen molar-refractivity contribution < 1.29 is 4.79 Å². The lowest BCUT2D eigenvalue weighted by Gasteiger charge is -2.33. The molecule has 1 aliphatic heterocycles. The van der Waals surface area contributed by atoms with E-state index in [0.717, 1.165) is 17.2 Å². The molecule has 1 unspecified atom stereocenters. The fourth-order valence-corrected chi connectivity index (χ4v) is 4.05. The molecule has 5 rings (SSSR count). The van der Waals surface area contributed by atoms with Gasteiger partial charge in [-0.25, -0.2) is 15.0 Å². The van der Waals surface area contributed by atoms with E-state index in [1.807, 2.05) is 55.9 Å². The summed E-state index contributed by atoms with van der Waals surface area (Å²) in [6.07, 6.45) is 5.00. The van der Waals surface area contributed by atoms with Gasteiger partial charge in [0, 0.05) is 37.6 Å². The number of rotatable bonds is 5. The summed E-state index contributed by atoms with van der Waals surface area (Å²) in [5.74, 6) is 1.29. The number of anilines is 2. The molecule has 0 saturated carbocycles. The van der Waals surface area contributed by atoms with Crippen molar-refractivity contribution in [1.82, 2.24) is 39.2 Å². The molecule has 1 aliphatic rings. The number of hydrogen-bond donors (Lipinski definition) is 1. The highest BCUT2D eigenvalue weighted by molar-refractivity contribution is 6.32. The number of fused-ring (bicyclic) bond motifs is 1. The van der Waals surface area contributed by atoms with Crippen LogP contribution in [0.15, 0.2) is 42.9 Å². The second-order valence-electron chi connectivity index (χ2n) is 8.01. The first kappa shape index (κ1) is 21.1. The van der Waals surface area contributed by atoms with Crippen LogP contribution in [0.2, 0.25) is 5.02 Å². The second kappa shape index (κ2) is 8.28. The van der Waals surface area contributed by atoms with Crippen molar-refractivity contribution in [2.45, 2.75) is 33.0 Å². The van der Waals surface area contributed by atoms with E-state index in [1.54, 1.807) is 15.8 Å². The topological polar surface area (TPSA) is 107 Å². The van der Waals surface area contributed by atoms with Gasteiger partial charge in [0.25, 0.3) is 5.91 Å². The van der Waals surface area contributed by atoms with Gasteiger partial charge in [-0.15, -0.1) is 0 Å². The van der Waals surface area contributed by atoms with Crippen molar-refractivity contribution in [3.63, 3.8) is 0 Å². The highest BCUT2D eigenvalue weighted by atomic mass is 35.5. The van der Waals surface area contributed by atoms with Crippen molar-refractivity contribution >= 4 is 29.3 Å². The molecule has 0 saturated heterocycles. The van der Waals surface area contributed by atoms with E-state index in [0.29, 0.717) is 41.3 Å². The number of imidazole rings is 1. The van der Waals surface area contributed by atoms with Crippen molar-refractivity contribution in [2.24, 2.45) is 7.05 Å². The van der Waals surface area contributed by atoms with Crippen molar-refractivity contribution in [1.29, 1.82) is 0 Å². The first-order valence-electron chi connectivity index (χ1n) is 10.5. The van der Waals surface area contributed by atoms with Crippen LogP contribution in [0.3, 0.4) is 0 Å². The number of carbonyl (C=O) groups is 1. The molecule has 1 amide bonds. The van der Waals surface area contributed by atoms with E-state index in [9.17, 15) is 4.79 Å². The van der Waals surface area contributed by atoms with Crippen LogP contribution in [0.4, 0.5) is 11.8 Å². The van der Waals surface area contributed by atoms with E-state index in [-0.39, 0.29) is 11.9 Å². The van der Waals surface area contributed by atoms with Gasteiger partial charge < -0.3 is 14.8 Å². The Hall–Kier alpha value is -3.79. The number of nitrogens with zero attached hydrogens (tertiary/aromatic N) is 8. The summed E-state index contributed by atoms with van der Waals surface area (Å²) >= 11 is 6.40. The van der Waals surface area contributed by atoms with E-state index in [2.05, 4.69) is 30.4 Å². The predicted octanol–water partition coefficient (Wildman–Crippen LogP) is 3.22. The van der Waals surface area contributed by atoms with Crippen LogP contribution in [0.25, 0.3) is 11.4 Å². The zero-order valence-corrected chi connectivity index (χ0v) is 19.2. The van der Waals surface area contributed by atoms with Crippen molar-refractivity contribution in [3.05, 3.63) is 65.1 Å². The normalized spacial score (nSPS) is 15.6. The molecule has 0 spiro atoms. The third-order valence-corrected chi connectivity index (χ3v) is 5.82. The van der Waals surface area contributed by atoms with Gasteiger partial charge in [0.15, 0.2) is 5.82 Å². The molecule has 1 atom stereocenters. The van der Waals surface area contributed by atoms with Gasteiger partial charge in [-0.05, 0) is 26.0 Å². The minimum Gasteiger partial charge on any atom is -0.326 e. The first-order valence-corrected chi connectivity index (χ1v) is 10.9. The number of pyridine rings is 1. The Labute approximate surface area is 195 Å². The average Bonchev–Trinajstić information content (AvgIpc) is 3.39. The summed E-state index contributed by atoms with van der Waals surface area (Å²) in [6.45, 7) is 5.00. The number of hydrogen-bond acceptors (Lipinski definition) is 7. The summed E-state index contributed by atoms with van der Waals surface area (Å²) in [6, 6.07) is 7.61. The Morgan fingerprint density at radius 3 is 2.82 bits per heavy atom. The maximum atomic E-state index is 13.3. The SMILES string of the molecule is Cc1cccc(CN2C(=O)c3nc(-c4nc(Nc5ccnn5C)ncc4Cl)cn3CC2C)n1. The summed E-state index contributed by atoms with van der Waals surface area (Å²) in [4.78, 5) is 33.0. The fraction of sp³-hybridized carbons (Fsp3) is 0.273. The van der Waals surface area contributed by atoms with Gasteiger partial charge in [-0.1, -0.05) is 17.7 Å². The Morgan fingerprint density at radius 2 is 2.06 bits per heavy atom. The van der Waals surface area contributed by atoms with Crippen LogP contribution >= 0.6 is 11.6 Å². The monoisotopic (exact) mass is 463 g/mol. The quantitative estimate of drug-likeness (QED) is 0.484. The molecule has 5 heterocycles. The highest BCUT2D eigenvalue weighted by Gasteiger charge is 2.32. The molecular weight excluding hydrogens is 442 g/mol. The van der Waals surface area contributed by atoms with Gasteiger partial charge in [-0.3, -0.25) is 14.5 Å². The van der Waals surface area contributed by atoms with E-state index >= 15 is 0 Å². The summed E-state index contributed by atoms with van der Waals surface area (Å²) < 4.78 is 3.53. The molecule has 168 valence electrons. The average molecular weight is 464 g/mol. The Kier molecular flexibility index (Phi) is 5.29. The van der Waals surface area contributed by atoms with Crippen LogP contribution in [-0.4, -0.2) is 51.1 Å². The van der Waals surface area contributed by atoms with Crippen LogP contribution in [-0.2, 0) is 20.1 Å². The van der Waals surface area contributed by atoms with E-state index < -0.39 is 0 Å². The minimum absolute atomic E-state index is 0.0164. The molecule has 11 heteroatoms. The minimum atomic E-state index is -0.151. The molecule has 0 radical (unpaired) electrons. The van der Waals surface area contributed by atoms with Gasteiger partial charge in [0.1, 0.15) is 17.2 Å². The second-order valence-corrected chi connectivity index (χ2v) is 8.42. The van der Waals surface area contributed by atoms with Crippen LogP contribution in [0.1, 0.15) is 28.9 Å². The molecule has 4 aromatic heterocycles. The van der Waals surface area contributed by atoms with Gasteiger partial charge in [0.2, 0.25) is 5.95 Å². The Bertz CT molecular complexity index is 1350. The van der Waals surface area contributed by atoms with Gasteiger partial charge >= 0.3 is 0 Å². The van der Waals surface area contributed by atoms with Gasteiger partial charge in [-0.2, -0.15) is 5.10 Å². The molecule has 10 nitrogen and oxygen atoms in total. The maximum absolute atomic E-state index is 13.3. The van der Waals surface area contributed by atoms with Crippen molar-refractivity contribution in [3.8, 4) is 11.4 Å². The number of halogens is 1. The Morgan fingerprint density at radius 1 is 1.21 bits per heavy atom. The largest absolute Gasteiger partial charge is 0.326 e. The highest BCUT2D eigenvalue weighted by Crippen LogP contribution is 2.29. The molecule has 0 aliphatic carbocycles. The summed E-state index contributed by atoms with van der Waals surface area (Å²) in [5.41, 5.74) is 2.73. The number of aryl methyl sites for hydroxylation is 2. The lowest BCUT2D eigenvalue weighted by molar-refractivity contribution is 0.0584. The first-order chi connectivity index (χ1) is 15.9. The number of carbonyl (C=O) groups excluding carboxylic acids is 1. The lowest BCUT2D eigenvalue weighted by atomic mass is 10.2. The summed E-state index contributed by atoms with van der Waals surface area (Å²) in [5, 5.41) is 7.58. The molecule has 1 N–H and O–H groups in total. The number of nitrogens with one attached hydrogen (secondary N) is 1. The predicted molar refractivity (Wildman–Crippen MR) is 123 cm³/mol. The van der Waals surface area contributed by atoms with Crippen molar-refractivity contribution in [2.75, 3.05) is 5.32 Å². The number of aromatic nitrogens is 7.